The van der Waals surface area contributed by atoms with Gasteiger partial charge in [-0.1, -0.05) is 61.8 Å². The van der Waals surface area contributed by atoms with Crippen molar-refractivity contribution in [1.29, 1.82) is 0 Å². The molecule has 0 aromatic rings. The van der Waals surface area contributed by atoms with E-state index in [0.717, 1.165) is 75.4 Å². The molecule has 0 unspecified atom stereocenters. The molecular formula is C26H36N4O4S4. The second-order valence-corrected chi connectivity index (χ2v) is 13.9. The standard InChI is InChI=1S/C26H36N4O4S4/c1-17-7-13-27(14-8-17)19(31)5-3-11-29-23(33)21(37-25(29)35)22-24(34)30(26(36)38-22)12-4-6-20(32)28-15-9-18(2)10-16-28/h17-18H,3-16H2,1-2H3. The molecule has 0 aliphatic carbocycles. The first-order valence-electron chi connectivity index (χ1n) is 13.5. The van der Waals surface area contributed by atoms with E-state index in [0.29, 0.717) is 69.1 Å². The Labute approximate surface area is 244 Å². The maximum absolute atomic E-state index is 13.2. The highest BCUT2D eigenvalue weighted by Crippen LogP contribution is 2.42. The van der Waals surface area contributed by atoms with Crippen molar-refractivity contribution in [2.75, 3.05) is 39.3 Å². The van der Waals surface area contributed by atoms with Gasteiger partial charge in [-0.3, -0.25) is 29.0 Å². The normalized spacial score (nSPS) is 23.8. The second kappa shape index (κ2) is 13.2. The summed E-state index contributed by atoms with van der Waals surface area (Å²) < 4.78 is 0.798. The van der Waals surface area contributed by atoms with Crippen LogP contribution in [0.2, 0.25) is 0 Å². The lowest BCUT2D eigenvalue weighted by molar-refractivity contribution is -0.133. The van der Waals surface area contributed by atoms with Gasteiger partial charge in [-0.25, -0.2) is 0 Å². The molecule has 208 valence electrons. The van der Waals surface area contributed by atoms with Gasteiger partial charge in [-0.05, 0) is 50.4 Å². The van der Waals surface area contributed by atoms with E-state index >= 15 is 0 Å². The molecule has 0 aromatic carbocycles. The molecule has 4 heterocycles. The summed E-state index contributed by atoms with van der Waals surface area (Å²) in [4.78, 5) is 58.8. The smallest absolute Gasteiger partial charge is 0.267 e. The predicted octanol–water partition coefficient (Wildman–Crippen LogP) is 4.00. The maximum atomic E-state index is 13.2. The van der Waals surface area contributed by atoms with Crippen LogP contribution >= 0.6 is 48.0 Å². The Balaban J connectivity index is 1.27. The van der Waals surface area contributed by atoms with E-state index in [1.807, 2.05) is 9.80 Å². The summed E-state index contributed by atoms with van der Waals surface area (Å²) in [6.45, 7) is 8.32. The molecule has 38 heavy (non-hydrogen) atoms. The number of likely N-dealkylation sites (tertiary alicyclic amines) is 2. The largest absolute Gasteiger partial charge is 0.343 e. The van der Waals surface area contributed by atoms with Gasteiger partial charge in [0.2, 0.25) is 11.8 Å². The monoisotopic (exact) mass is 596 g/mol. The zero-order valence-electron chi connectivity index (χ0n) is 22.1. The van der Waals surface area contributed by atoms with E-state index in [2.05, 4.69) is 13.8 Å². The number of thiocarbonyl (C=S) groups is 2. The number of nitrogens with zero attached hydrogens (tertiary/aromatic N) is 4. The number of hydrogen-bond acceptors (Lipinski definition) is 8. The van der Waals surface area contributed by atoms with Crippen LogP contribution in [0.15, 0.2) is 9.81 Å². The molecule has 0 spiro atoms. The molecule has 0 N–H and O–H groups in total. The molecular weight excluding hydrogens is 561 g/mol. The van der Waals surface area contributed by atoms with Crippen LogP contribution in [0.5, 0.6) is 0 Å². The number of carbonyl (C=O) groups is 4. The van der Waals surface area contributed by atoms with Gasteiger partial charge in [0.1, 0.15) is 8.64 Å². The molecule has 4 aliphatic rings. The van der Waals surface area contributed by atoms with E-state index in [9.17, 15) is 19.2 Å². The second-order valence-electron chi connectivity index (χ2n) is 10.6. The summed E-state index contributed by atoms with van der Waals surface area (Å²) in [6, 6.07) is 0. The Morgan fingerprint density at radius 3 is 1.39 bits per heavy atom. The van der Waals surface area contributed by atoms with Crippen molar-refractivity contribution in [3.8, 4) is 0 Å². The summed E-state index contributed by atoms with van der Waals surface area (Å²) in [7, 11) is 0. The van der Waals surface area contributed by atoms with Crippen LogP contribution in [-0.2, 0) is 19.2 Å². The minimum absolute atomic E-state index is 0.122. The van der Waals surface area contributed by atoms with Gasteiger partial charge in [0.25, 0.3) is 11.8 Å². The maximum Gasteiger partial charge on any atom is 0.267 e. The van der Waals surface area contributed by atoms with Gasteiger partial charge in [-0.15, -0.1) is 0 Å². The quantitative estimate of drug-likeness (QED) is 0.307. The van der Waals surface area contributed by atoms with E-state index in [-0.39, 0.29) is 23.6 Å². The SMILES string of the molecule is CC1CCN(C(=O)CCCN2C(=O)C(=C3SC(=S)N(CCCC(=O)N4CCC(C)CC4)C3=O)SC2=S)CC1. The van der Waals surface area contributed by atoms with Gasteiger partial charge in [0.15, 0.2) is 0 Å². The molecule has 4 rings (SSSR count). The first kappa shape index (κ1) is 29.5. The Bertz CT molecular complexity index is 952. The summed E-state index contributed by atoms with van der Waals surface area (Å²) >= 11 is 13.1. The van der Waals surface area contributed by atoms with Gasteiger partial charge < -0.3 is 9.80 Å². The number of thioether (sulfide) groups is 2. The molecule has 4 aliphatic heterocycles. The number of carbonyl (C=O) groups excluding carboxylic acids is 4. The third kappa shape index (κ3) is 6.98. The average Bonchev–Trinajstić information content (AvgIpc) is 3.33. The molecule has 4 fully saturated rings. The fourth-order valence-corrected chi connectivity index (χ4v) is 7.84. The lowest BCUT2D eigenvalue weighted by Crippen LogP contribution is -2.38. The molecule has 0 atom stereocenters. The fraction of sp³-hybridized carbons (Fsp3) is 0.692. The van der Waals surface area contributed by atoms with Crippen molar-refractivity contribution < 1.29 is 19.2 Å². The summed E-state index contributed by atoms with van der Waals surface area (Å²) in [5.74, 6) is 0.970. The molecule has 4 saturated heterocycles. The van der Waals surface area contributed by atoms with Crippen molar-refractivity contribution in [3.63, 3.8) is 0 Å². The van der Waals surface area contributed by atoms with Gasteiger partial charge in [0.05, 0.1) is 9.81 Å². The Hall–Kier alpha value is -1.50. The van der Waals surface area contributed by atoms with Crippen LogP contribution < -0.4 is 0 Å². The van der Waals surface area contributed by atoms with Gasteiger partial charge in [0, 0.05) is 52.1 Å². The lowest BCUT2D eigenvalue weighted by Gasteiger charge is -2.30. The predicted molar refractivity (Wildman–Crippen MR) is 159 cm³/mol. The third-order valence-corrected chi connectivity index (χ3v) is 10.7. The molecule has 0 saturated carbocycles. The first-order chi connectivity index (χ1) is 18.2. The summed E-state index contributed by atoms with van der Waals surface area (Å²) in [6.07, 6.45) is 5.93. The van der Waals surface area contributed by atoms with Crippen LogP contribution in [0, 0.1) is 11.8 Å². The summed E-state index contributed by atoms with van der Waals surface area (Å²) in [5.41, 5.74) is 0. The van der Waals surface area contributed by atoms with E-state index in [1.165, 1.54) is 9.80 Å². The summed E-state index contributed by atoms with van der Waals surface area (Å²) in [5, 5.41) is 0. The average molecular weight is 597 g/mol. The van der Waals surface area contributed by atoms with Crippen molar-refractivity contribution in [3.05, 3.63) is 9.81 Å². The van der Waals surface area contributed by atoms with Gasteiger partial charge in [-0.2, -0.15) is 0 Å². The zero-order chi connectivity index (χ0) is 27.4. The van der Waals surface area contributed by atoms with Crippen molar-refractivity contribution >= 4 is 80.2 Å². The first-order valence-corrected chi connectivity index (χ1v) is 16.0. The van der Waals surface area contributed by atoms with Crippen LogP contribution in [-0.4, -0.2) is 91.1 Å². The van der Waals surface area contributed by atoms with Crippen molar-refractivity contribution in [1.82, 2.24) is 19.6 Å². The highest BCUT2D eigenvalue weighted by Gasteiger charge is 2.41. The van der Waals surface area contributed by atoms with Crippen molar-refractivity contribution in [2.45, 2.75) is 65.2 Å². The molecule has 12 heteroatoms. The molecule has 0 aromatic heterocycles. The Morgan fingerprint density at radius 1 is 0.711 bits per heavy atom. The van der Waals surface area contributed by atoms with Crippen LogP contribution in [0.4, 0.5) is 0 Å². The van der Waals surface area contributed by atoms with Crippen LogP contribution in [0.25, 0.3) is 0 Å². The molecule has 0 radical (unpaired) electrons. The van der Waals surface area contributed by atoms with E-state index in [1.54, 1.807) is 0 Å². The zero-order valence-corrected chi connectivity index (χ0v) is 25.4. The lowest BCUT2D eigenvalue weighted by atomic mass is 9.99. The molecule has 8 nitrogen and oxygen atoms in total. The van der Waals surface area contributed by atoms with E-state index in [4.69, 9.17) is 24.4 Å². The van der Waals surface area contributed by atoms with Crippen molar-refractivity contribution in [2.24, 2.45) is 11.8 Å². The highest BCUT2D eigenvalue weighted by atomic mass is 32.2. The minimum atomic E-state index is -0.297. The Morgan fingerprint density at radius 2 is 1.05 bits per heavy atom. The van der Waals surface area contributed by atoms with Crippen LogP contribution in [0.3, 0.4) is 0 Å². The topological polar surface area (TPSA) is 81.2 Å². The molecule has 0 bridgehead atoms. The highest BCUT2D eigenvalue weighted by molar-refractivity contribution is 8.29. The van der Waals surface area contributed by atoms with Crippen LogP contribution in [0.1, 0.15) is 65.2 Å². The minimum Gasteiger partial charge on any atom is -0.343 e. The number of rotatable bonds is 8. The number of piperidine rings is 2. The van der Waals surface area contributed by atoms with Gasteiger partial charge >= 0.3 is 0 Å². The number of hydrogen-bond donors (Lipinski definition) is 0. The Kier molecular flexibility index (Phi) is 10.3. The fourth-order valence-electron chi connectivity index (χ4n) is 5.06. The van der Waals surface area contributed by atoms with E-state index < -0.39 is 0 Å². The third-order valence-electron chi connectivity index (χ3n) is 7.72. The molecule has 4 amide bonds. The number of amides is 4.